The number of thiazole rings is 1. The summed E-state index contributed by atoms with van der Waals surface area (Å²) in [6, 6.07) is 13.4. The second-order valence-electron chi connectivity index (χ2n) is 4.95. The molecule has 22 heavy (non-hydrogen) atoms. The van der Waals surface area contributed by atoms with Crippen molar-refractivity contribution in [2.24, 2.45) is 0 Å². The molecule has 0 bridgehead atoms. The minimum absolute atomic E-state index is 0.0946. The number of aromatic nitrogens is 1. The lowest BCUT2D eigenvalue weighted by Gasteiger charge is -2.08. The van der Waals surface area contributed by atoms with Gasteiger partial charge in [0.1, 0.15) is 12.4 Å². The van der Waals surface area contributed by atoms with Crippen LogP contribution in [0, 0.1) is 6.92 Å². The highest BCUT2D eigenvalue weighted by Gasteiger charge is 2.07. The maximum atomic E-state index is 12.1. The molecule has 0 saturated heterocycles. The van der Waals surface area contributed by atoms with E-state index >= 15 is 0 Å². The molecule has 0 aliphatic heterocycles. The van der Waals surface area contributed by atoms with E-state index in [1.807, 2.05) is 43.3 Å². The van der Waals surface area contributed by atoms with Crippen molar-refractivity contribution < 1.29 is 9.53 Å². The fraction of sp³-hybridized carbons (Fsp3) is 0.176. The van der Waals surface area contributed by atoms with Crippen molar-refractivity contribution >= 4 is 27.5 Å². The van der Waals surface area contributed by atoms with Crippen LogP contribution < -0.4 is 10.1 Å². The first-order valence-electron chi connectivity index (χ1n) is 7.03. The molecule has 0 saturated carbocycles. The lowest BCUT2D eigenvalue weighted by atomic mass is 10.2. The van der Waals surface area contributed by atoms with Gasteiger partial charge < -0.3 is 10.1 Å². The van der Waals surface area contributed by atoms with E-state index in [-0.39, 0.29) is 5.91 Å². The average Bonchev–Trinajstić information content (AvgIpc) is 3.00. The van der Waals surface area contributed by atoms with Crippen LogP contribution in [0.3, 0.4) is 0 Å². The number of carbonyl (C=O) groups is 1. The molecule has 5 heteroatoms. The Morgan fingerprint density at radius 3 is 2.86 bits per heavy atom. The summed E-state index contributed by atoms with van der Waals surface area (Å²) in [5.74, 6) is 0.716. The zero-order valence-corrected chi connectivity index (χ0v) is 13.0. The standard InChI is InChI=1S/C17H16N2O2S/c1-12-2-5-14(6-3-12)21-9-8-18-17(20)13-4-7-15-16(10-13)22-11-19-15/h2-7,10-11H,8-9H2,1H3,(H,18,20). The number of fused-ring (bicyclic) bond motifs is 1. The van der Waals surface area contributed by atoms with Gasteiger partial charge in [-0.25, -0.2) is 4.98 Å². The van der Waals surface area contributed by atoms with Gasteiger partial charge in [-0.3, -0.25) is 4.79 Å². The minimum atomic E-state index is -0.0946. The molecule has 3 rings (SSSR count). The molecule has 0 aliphatic rings. The zero-order valence-electron chi connectivity index (χ0n) is 12.2. The molecule has 4 nitrogen and oxygen atoms in total. The van der Waals surface area contributed by atoms with Crippen LogP contribution in [0.5, 0.6) is 5.75 Å². The van der Waals surface area contributed by atoms with Crippen LogP contribution in [-0.4, -0.2) is 24.0 Å². The summed E-state index contributed by atoms with van der Waals surface area (Å²) < 4.78 is 6.60. The Morgan fingerprint density at radius 2 is 2.05 bits per heavy atom. The Labute approximate surface area is 132 Å². The van der Waals surface area contributed by atoms with E-state index in [2.05, 4.69) is 10.3 Å². The van der Waals surface area contributed by atoms with Crippen LogP contribution in [-0.2, 0) is 0 Å². The molecule has 0 fully saturated rings. The first-order chi connectivity index (χ1) is 10.7. The van der Waals surface area contributed by atoms with Crippen molar-refractivity contribution in [3.05, 3.63) is 59.1 Å². The first kappa shape index (κ1) is 14.5. The van der Waals surface area contributed by atoms with Crippen molar-refractivity contribution in [1.29, 1.82) is 0 Å². The van der Waals surface area contributed by atoms with E-state index in [1.165, 1.54) is 16.9 Å². The van der Waals surface area contributed by atoms with E-state index in [0.717, 1.165) is 16.0 Å². The van der Waals surface area contributed by atoms with Crippen molar-refractivity contribution in [2.45, 2.75) is 6.92 Å². The van der Waals surface area contributed by atoms with Crippen LogP contribution in [0.2, 0.25) is 0 Å². The lowest BCUT2D eigenvalue weighted by Crippen LogP contribution is -2.28. The summed E-state index contributed by atoms with van der Waals surface area (Å²) in [6.45, 7) is 2.94. The number of benzene rings is 2. The van der Waals surface area contributed by atoms with Gasteiger partial charge in [0.25, 0.3) is 5.91 Å². The Hall–Kier alpha value is -2.40. The SMILES string of the molecule is Cc1ccc(OCCNC(=O)c2ccc3ncsc3c2)cc1. The summed E-state index contributed by atoms with van der Waals surface area (Å²) in [5.41, 5.74) is 4.54. The smallest absolute Gasteiger partial charge is 0.251 e. The highest BCUT2D eigenvalue weighted by Crippen LogP contribution is 2.19. The third-order valence-corrected chi connectivity index (χ3v) is 4.06. The fourth-order valence-electron chi connectivity index (χ4n) is 2.07. The maximum Gasteiger partial charge on any atom is 0.251 e. The monoisotopic (exact) mass is 312 g/mol. The van der Waals surface area contributed by atoms with Crippen molar-refractivity contribution in [2.75, 3.05) is 13.2 Å². The molecule has 2 aromatic carbocycles. The highest BCUT2D eigenvalue weighted by molar-refractivity contribution is 7.16. The van der Waals surface area contributed by atoms with E-state index in [4.69, 9.17) is 4.74 Å². The Morgan fingerprint density at radius 1 is 1.23 bits per heavy atom. The number of amides is 1. The van der Waals surface area contributed by atoms with Crippen LogP contribution >= 0.6 is 11.3 Å². The molecule has 3 aromatic rings. The molecule has 1 aromatic heterocycles. The van der Waals surface area contributed by atoms with Crippen molar-refractivity contribution in [3.8, 4) is 5.75 Å². The second kappa shape index (κ2) is 6.58. The molecule has 1 heterocycles. The predicted octanol–water partition coefficient (Wildman–Crippen LogP) is 3.41. The van der Waals surface area contributed by atoms with Gasteiger partial charge in [0.15, 0.2) is 0 Å². The van der Waals surface area contributed by atoms with E-state index in [9.17, 15) is 4.79 Å². The number of hydrogen-bond acceptors (Lipinski definition) is 4. The van der Waals surface area contributed by atoms with Gasteiger partial charge in [-0.05, 0) is 37.3 Å². The van der Waals surface area contributed by atoms with Gasteiger partial charge in [-0.2, -0.15) is 0 Å². The third kappa shape index (κ3) is 3.43. The van der Waals surface area contributed by atoms with Crippen molar-refractivity contribution in [3.63, 3.8) is 0 Å². The number of nitrogens with one attached hydrogen (secondary N) is 1. The normalized spacial score (nSPS) is 10.6. The van der Waals surface area contributed by atoms with Gasteiger partial charge in [0, 0.05) is 5.56 Å². The Kier molecular flexibility index (Phi) is 4.34. The zero-order chi connectivity index (χ0) is 15.4. The quantitative estimate of drug-likeness (QED) is 0.735. The number of nitrogens with zero attached hydrogens (tertiary/aromatic N) is 1. The van der Waals surface area contributed by atoms with Crippen LogP contribution in [0.1, 0.15) is 15.9 Å². The van der Waals surface area contributed by atoms with Gasteiger partial charge in [0.05, 0.1) is 22.3 Å². The molecule has 0 radical (unpaired) electrons. The number of rotatable bonds is 5. The summed E-state index contributed by atoms with van der Waals surface area (Å²) in [4.78, 5) is 16.3. The van der Waals surface area contributed by atoms with E-state index in [0.29, 0.717) is 18.7 Å². The molecule has 0 atom stereocenters. The van der Waals surface area contributed by atoms with E-state index in [1.54, 1.807) is 11.6 Å². The van der Waals surface area contributed by atoms with Crippen LogP contribution in [0.4, 0.5) is 0 Å². The molecular weight excluding hydrogens is 296 g/mol. The Balaban J connectivity index is 1.50. The number of ether oxygens (including phenoxy) is 1. The second-order valence-corrected chi connectivity index (χ2v) is 5.84. The summed E-state index contributed by atoms with van der Waals surface area (Å²) in [5, 5.41) is 2.86. The van der Waals surface area contributed by atoms with Crippen LogP contribution in [0.15, 0.2) is 48.0 Å². The lowest BCUT2D eigenvalue weighted by molar-refractivity contribution is 0.0947. The number of carbonyl (C=O) groups excluding carboxylic acids is 1. The molecular formula is C17H16N2O2S. The van der Waals surface area contributed by atoms with Gasteiger partial charge in [-0.1, -0.05) is 17.7 Å². The highest BCUT2D eigenvalue weighted by atomic mass is 32.1. The van der Waals surface area contributed by atoms with Gasteiger partial charge in [0.2, 0.25) is 0 Å². The van der Waals surface area contributed by atoms with Gasteiger partial charge in [-0.15, -0.1) is 11.3 Å². The molecule has 1 amide bonds. The minimum Gasteiger partial charge on any atom is -0.492 e. The molecule has 1 N–H and O–H groups in total. The number of hydrogen-bond donors (Lipinski definition) is 1. The average molecular weight is 312 g/mol. The summed E-state index contributed by atoms with van der Waals surface area (Å²) in [7, 11) is 0. The first-order valence-corrected chi connectivity index (χ1v) is 7.91. The molecule has 0 aliphatic carbocycles. The summed E-state index contributed by atoms with van der Waals surface area (Å²) in [6.07, 6.45) is 0. The fourth-order valence-corrected chi connectivity index (χ4v) is 2.78. The number of aryl methyl sites for hydroxylation is 1. The molecule has 0 spiro atoms. The third-order valence-electron chi connectivity index (χ3n) is 3.27. The largest absolute Gasteiger partial charge is 0.492 e. The van der Waals surface area contributed by atoms with Gasteiger partial charge >= 0.3 is 0 Å². The topological polar surface area (TPSA) is 51.2 Å². The van der Waals surface area contributed by atoms with Crippen LogP contribution in [0.25, 0.3) is 10.2 Å². The van der Waals surface area contributed by atoms with Crippen molar-refractivity contribution in [1.82, 2.24) is 10.3 Å². The maximum absolute atomic E-state index is 12.1. The molecule has 0 unspecified atom stereocenters. The molecule has 112 valence electrons. The predicted molar refractivity (Wildman–Crippen MR) is 88.6 cm³/mol. The van der Waals surface area contributed by atoms with E-state index < -0.39 is 0 Å². The Bertz CT molecular complexity index is 781. The summed E-state index contributed by atoms with van der Waals surface area (Å²) >= 11 is 1.53.